The maximum atomic E-state index is 12.6. The molecular formula is C17H24ClN3O4S. The number of anilines is 1. The highest BCUT2D eigenvalue weighted by molar-refractivity contribution is 7.92. The molecule has 1 amide bonds. The van der Waals surface area contributed by atoms with Gasteiger partial charge in [-0.3, -0.25) is 14.4 Å². The summed E-state index contributed by atoms with van der Waals surface area (Å²) in [5, 5.41) is 3.05. The number of nitrogens with zero attached hydrogens (tertiary/aromatic N) is 1. The van der Waals surface area contributed by atoms with Crippen molar-refractivity contribution in [1.82, 2.24) is 10.2 Å². The number of hydrogen-bond acceptors (Lipinski definition) is 5. The average molecular weight is 402 g/mol. The topological polar surface area (TPSA) is 87.7 Å². The molecule has 144 valence electrons. The number of hydrogen-bond donors (Lipinski definition) is 2. The summed E-state index contributed by atoms with van der Waals surface area (Å²) < 4.78 is 30.5. The highest BCUT2D eigenvalue weighted by atomic mass is 35.5. The largest absolute Gasteiger partial charge is 0.496 e. The second kappa shape index (κ2) is 8.75. The van der Waals surface area contributed by atoms with E-state index in [4.69, 9.17) is 16.3 Å². The van der Waals surface area contributed by atoms with Gasteiger partial charge in [0, 0.05) is 25.2 Å². The summed E-state index contributed by atoms with van der Waals surface area (Å²) in [7, 11) is -2.10. The second-order valence-corrected chi connectivity index (χ2v) is 8.35. The molecule has 2 N–H and O–H groups in total. The summed E-state index contributed by atoms with van der Waals surface area (Å²) in [5.74, 6) is -0.0681. The highest BCUT2D eigenvalue weighted by Crippen LogP contribution is 2.31. The summed E-state index contributed by atoms with van der Waals surface area (Å²) >= 11 is 6.07. The predicted molar refractivity (Wildman–Crippen MR) is 104 cm³/mol. The fraction of sp³-hybridized carbons (Fsp3) is 0.471. The van der Waals surface area contributed by atoms with Gasteiger partial charge in [-0.1, -0.05) is 17.7 Å². The van der Waals surface area contributed by atoms with Crippen molar-refractivity contribution < 1.29 is 17.9 Å². The molecule has 1 aromatic rings. The fourth-order valence-corrected chi connectivity index (χ4v) is 3.84. The van der Waals surface area contributed by atoms with Crippen LogP contribution in [0.5, 0.6) is 5.75 Å². The first-order valence-electron chi connectivity index (χ1n) is 8.23. The minimum atomic E-state index is -3.52. The zero-order valence-corrected chi connectivity index (χ0v) is 16.5. The van der Waals surface area contributed by atoms with E-state index in [9.17, 15) is 13.2 Å². The van der Waals surface area contributed by atoms with Crippen LogP contribution in [0.1, 0.15) is 23.2 Å². The van der Waals surface area contributed by atoms with Gasteiger partial charge in [-0.2, -0.15) is 0 Å². The number of benzene rings is 1. The Morgan fingerprint density at radius 2 is 2.23 bits per heavy atom. The number of sulfonamides is 1. The molecule has 1 aliphatic rings. The molecule has 1 aromatic carbocycles. The molecule has 1 fully saturated rings. The Balaban J connectivity index is 2.16. The molecule has 0 aromatic heterocycles. The van der Waals surface area contributed by atoms with Gasteiger partial charge in [0.05, 0.1) is 29.6 Å². The molecule has 2 rings (SSSR count). The lowest BCUT2D eigenvalue weighted by atomic mass is 10.1. The van der Waals surface area contributed by atoms with Gasteiger partial charge in [0.15, 0.2) is 0 Å². The van der Waals surface area contributed by atoms with Crippen LogP contribution in [0.4, 0.5) is 5.69 Å². The van der Waals surface area contributed by atoms with Gasteiger partial charge in [-0.15, -0.1) is 6.58 Å². The molecule has 0 aliphatic carbocycles. The minimum Gasteiger partial charge on any atom is -0.496 e. The Morgan fingerprint density at radius 3 is 2.85 bits per heavy atom. The quantitative estimate of drug-likeness (QED) is 0.651. The molecule has 1 heterocycles. The number of likely N-dealkylation sites (tertiary alicyclic amines) is 1. The van der Waals surface area contributed by atoms with Crippen molar-refractivity contribution >= 4 is 33.2 Å². The number of nitrogens with one attached hydrogen (secondary N) is 2. The second-order valence-electron chi connectivity index (χ2n) is 6.20. The lowest BCUT2D eigenvalue weighted by Gasteiger charge is -2.23. The smallest absolute Gasteiger partial charge is 0.255 e. The van der Waals surface area contributed by atoms with E-state index >= 15 is 0 Å². The van der Waals surface area contributed by atoms with Crippen molar-refractivity contribution in [2.24, 2.45) is 0 Å². The van der Waals surface area contributed by atoms with E-state index in [1.54, 1.807) is 0 Å². The van der Waals surface area contributed by atoms with E-state index in [-0.39, 0.29) is 34.0 Å². The van der Waals surface area contributed by atoms with Gasteiger partial charge in [0.1, 0.15) is 5.75 Å². The Bertz CT molecular complexity index is 782. The highest BCUT2D eigenvalue weighted by Gasteiger charge is 2.25. The number of halogens is 1. The first-order valence-corrected chi connectivity index (χ1v) is 10.5. The summed E-state index contributed by atoms with van der Waals surface area (Å²) in [4.78, 5) is 14.9. The van der Waals surface area contributed by atoms with Crippen LogP contribution in [0.15, 0.2) is 24.8 Å². The zero-order valence-electron chi connectivity index (χ0n) is 14.9. The van der Waals surface area contributed by atoms with Crippen LogP contribution in [-0.2, 0) is 10.0 Å². The summed E-state index contributed by atoms with van der Waals surface area (Å²) in [6.45, 7) is 6.02. The molecule has 0 saturated carbocycles. The number of ether oxygens (including phenoxy) is 1. The zero-order chi connectivity index (χ0) is 19.3. The fourth-order valence-electron chi connectivity index (χ4n) is 3.02. The van der Waals surface area contributed by atoms with Crippen molar-refractivity contribution in [3.8, 4) is 5.75 Å². The van der Waals surface area contributed by atoms with Gasteiger partial charge in [0.2, 0.25) is 10.0 Å². The number of amides is 1. The molecule has 9 heteroatoms. The normalized spacial score (nSPS) is 17.7. The van der Waals surface area contributed by atoms with Crippen LogP contribution in [0.3, 0.4) is 0 Å². The number of carbonyl (C=O) groups is 1. The van der Waals surface area contributed by atoms with Crippen molar-refractivity contribution in [2.75, 3.05) is 37.7 Å². The molecule has 0 bridgehead atoms. The van der Waals surface area contributed by atoms with E-state index in [1.165, 1.54) is 19.2 Å². The van der Waals surface area contributed by atoms with Gasteiger partial charge in [0.25, 0.3) is 5.91 Å². The predicted octanol–water partition coefficient (Wildman–Crippen LogP) is 2.10. The first-order chi connectivity index (χ1) is 12.2. The van der Waals surface area contributed by atoms with Gasteiger partial charge in [-0.25, -0.2) is 8.42 Å². The van der Waals surface area contributed by atoms with E-state index in [0.29, 0.717) is 6.54 Å². The molecular weight excluding hydrogens is 378 g/mol. The molecule has 7 nitrogen and oxygen atoms in total. The van der Waals surface area contributed by atoms with E-state index < -0.39 is 10.0 Å². The Hall–Kier alpha value is -1.77. The lowest BCUT2D eigenvalue weighted by molar-refractivity contribution is 0.0939. The third-order valence-electron chi connectivity index (χ3n) is 4.19. The van der Waals surface area contributed by atoms with Crippen molar-refractivity contribution in [3.05, 3.63) is 35.4 Å². The van der Waals surface area contributed by atoms with Crippen molar-refractivity contribution in [2.45, 2.75) is 18.9 Å². The maximum absolute atomic E-state index is 12.6. The Morgan fingerprint density at radius 1 is 1.50 bits per heavy atom. The summed E-state index contributed by atoms with van der Waals surface area (Å²) in [6, 6.07) is 3.06. The third-order valence-corrected chi connectivity index (χ3v) is 5.09. The van der Waals surface area contributed by atoms with Crippen LogP contribution >= 0.6 is 11.6 Å². The molecule has 1 unspecified atom stereocenters. The SMILES string of the molecule is C=CCN1CCCC1CNC(=O)c1cc(NS(C)(=O)=O)c(Cl)cc1OC. The molecule has 0 spiro atoms. The van der Waals surface area contributed by atoms with E-state index in [1.807, 2.05) is 6.08 Å². The number of carbonyl (C=O) groups excluding carboxylic acids is 1. The van der Waals surface area contributed by atoms with Crippen LogP contribution < -0.4 is 14.8 Å². The molecule has 0 radical (unpaired) electrons. The van der Waals surface area contributed by atoms with Gasteiger partial charge < -0.3 is 10.1 Å². The van der Waals surface area contributed by atoms with Crippen LogP contribution in [0.2, 0.25) is 5.02 Å². The molecule has 1 aliphatic heterocycles. The van der Waals surface area contributed by atoms with Crippen molar-refractivity contribution in [1.29, 1.82) is 0 Å². The monoisotopic (exact) mass is 401 g/mol. The molecule has 1 atom stereocenters. The molecule has 26 heavy (non-hydrogen) atoms. The molecule has 1 saturated heterocycles. The summed E-state index contributed by atoms with van der Waals surface area (Å²) in [6.07, 6.45) is 4.96. The van der Waals surface area contributed by atoms with Crippen LogP contribution in [0, 0.1) is 0 Å². The summed E-state index contributed by atoms with van der Waals surface area (Å²) in [5.41, 5.74) is 0.352. The van der Waals surface area contributed by atoms with Crippen LogP contribution in [0.25, 0.3) is 0 Å². The average Bonchev–Trinajstić information content (AvgIpc) is 3.00. The number of methoxy groups -OCH3 is 1. The number of rotatable bonds is 8. The Labute approximate surface area is 159 Å². The van der Waals surface area contributed by atoms with E-state index in [2.05, 4.69) is 21.5 Å². The first kappa shape index (κ1) is 20.5. The van der Waals surface area contributed by atoms with Gasteiger partial charge >= 0.3 is 0 Å². The third kappa shape index (κ3) is 5.36. The van der Waals surface area contributed by atoms with Gasteiger partial charge in [-0.05, 0) is 25.5 Å². The minimum absolute atomic E-state index is 0.134. The Kier molecular flexibility index (Phi) is 6.91. The van der Waals surface area contributed by atoms with Crippen molar-refractivity contribution in [3.63, 3.8) is 0 Å². The lowest BCUT2D eigenvalue weighted by Crippen LogP contribution is -2.40. The maximum Gasteiger partial charge on any atom is 0.255 e. The standard InChI is InChI=1S/C17H24ClN3O4S/c1-4-7-21-8-5-6-12(21)11-19-17(22)13-9-15(20-26(3,23)24)14(18)10-16(13)25-2/h4,9-10,12,20H,1,5-8,11H2,2-3H3,(H,19,22). The van der Waals surface area contributed by atoms with Crippen LogP contribution in [-0.4, -0.2) is 58.3 Å². The van der Waals surface area contributed by atoms with E-state index in [0.717, 1.165) is 32.2 Å².